The fourth-order valence-corrected chi connectivity index (χ4v) is 2.78. The van der Waals surface area contributed by atoms with E-state index in [1.165, 1.54) is 7.11 Å². The third-order valence-corrected chi connectivity index (χ3v) is 5.51. The van der Waals surface area contributed by atoms with Crippen LogP contribution in [-0.2, 0) is 0 Å². The molecule has 1 rings (SSSR count). The number of hydrogen-bond donors (Lipinski definition) is 3. The number of aliphatic hydroxyl groups is 1. The molecule has 0 bridgehead atoms. The summed E-state index contributed by atoms with van der Waals surface area (Å²) < 4.78 is 6.19. The van der Waals surface area contributed by atoms with Gasteiger partial charge in [-0.15, -0.1) is 0 Å². The van der Waals surface area contributed by atoms with Gasteiger partial charge in [0.05, 0.1) is 23.7 Å². The Morgan fingerprint density at radius 1 is 1.37 bits per heavy atom. The van der Waals surface area contributed by atoms with Gasteiger partial charge in [-0.3, -0.25) is 0 Å². The van der Waals surface area contributed by atoms with Gasteiger partial charge in [0, 0.05) is 4.47 Å². The molecule has 4 nitrogen and oxygen atoms in total. The SMILES string of the molecule is CCC(C)[C@@H](O)[C@@H](N)c1cc(OC)c(O)c(Br)c1Br. The Hall–Kier alpha value is -0.300. The van der Waals surface area contributed by atoms with E-state index >= 15 is 0 Å². The fourth-order valence-electron chi connectivity index (χ4n) is 1.79. The van der Waals surface area contributed by atoms with Crippen molar-refractivity contribution in [1.29, 1.82) is 0 Å². The van der Waals surface area contributed by atoms with Gasteiger partial charge in [0.25, 0.3) is 0 Å². The Bertz CT molecular complexity index is 454. The van der Waals surface area contributed by atoms with Crippen molar-refractivity contribution in [2.24, 2.45) is 11.7 Å². The van der Waals surface area contributed by atoms with Gasteiger partial charge in [-0.2, -0.15) is 0 Å². The molecule has 1 aromatic rings. The monoisotopic (exact) mass is 395 g/mol. The summed E-state index contributed by atoms with van der Waals surface area (Å²) in [6.07, 6.45) is 0.172. The summed E-state index contributed by atoms with van der Waals surface area (Å²) >= 11 is 6.66. The Morgan fingerprint density at radius 2 is 1.95 bits per heavy atom. The second-order valence-corrected chi connectivity index (χ2v) is 6.13. The Kier molecular flexibility index (Phi) is 6.11. The van der Waals surface area contributed by atoms with Crippen LogP contribution < -0.4 is 10.5 Å². The van der Waals surface area contributed by atoms with Crippen LogP contribution in [0.2, 0.25) is 0 Å². The van der Waals surface area contributed by atoms with E-state index in [4.69, 9.17) is 10.5 Å². The van der Waals surface area contributed by atoms with E-state index in [9.17, 15) is 10.2 Å². The third-order valence-electron chi connectivity index (χ3n) is 3.35. The van der Waals surface area contributed by atoms with Crippen molar-refractivity contribution < 1.29 is 14.9 Å². The van der Waals surface area contributed by atoms with Crippen LogP contribution in [0.4, 0.5) is 0 Å². The summed E-state index contributed by atoms with van der Waals surface area (Å²) in [5, 5.41) is 20.1. The van der Waals surface area contributed by atoms with Gasteiger partial charge in [-0.25, -0.2) is 0 Å². The lowest BCUT2D eigenvalue weighted by Gasteiger charge is -2.26. The van der Waals surface area contributed by atoms with Crippen LogP contribution in [0, 0.1) is 5.92 Å². The lowest BCUT2D eigenvalue weighted by Crippen LogP contribution is -2.31. The van der Waals surface area contributed by atoms with Gasteiger partial charge < -0.3 is 20.7 Å². The number of phenolic OH excluding ortho intramolecular Hbond substituents is 1. The lowest BCUT2D eigenvalue weighted by molar-refractivity contribution is 0.0876. The molecule has 0 heterocycles. The maximum atomic E-state index is 10.2. The molecule has 0 spiro atoms. The summed E-state index contributed by atoms with van der Waals surface area (Å²) in [6.45, 7) is 3.95. The smallest absolute Gasteiger partial charge is 0.173 e. The van der Waals surface area contributed by atoms with Crippen molar-refractivity contribution in [3.05, 3.63) is 20.6 Å². The summed E-state index contributed by atoms with van der Waals surface area (Å²) in [7, 11) is 1.47. The van der Waals surface area contributed by atoms with Crippen LogP contribution in [0.3, 0.4) is 0 Å². The van der Waals surface area contributed by atoms with Gasteiger partial charge in [0.1, 0.15) is 0 Å². The molecule has 0 fully saturated rings. The molecule has 0 aliphatic rings. The highest BCUT2D eigenvalue weighted by molar-refractivity contribution is 9.13. The molecule has 3 atom stereocenters. The van der Waals surface area contributed by atoms with Crippen LogP contribution in [0.15, 0.2) is 15.0 Å². The van der Waals surface area contributed by atoms with Crippen LogP contribution in [0.25, 0.3) is 0 Å². The topological polar surface area (TPSA) is 75.7 Å². The van der Waals surface area contributed by atoms with E-state index < -0.39 is 12.1 Å². The zero-order chi connectivity index (χ0) is 14.7. The average molecular weight is 397 g/mol. The molecular formula is C13H19Br2NO3. The highest BCUT2D eigenvalue weighted by Gasteiger charge is 2.26. The number of methoxy groups -OCH3 is 1. The molecule has 108 valence electrons. The van der Waals surface area contributed by atoms with Crippen molar-refractivity contribution in [1.82, 2.24) is 0 Å². The van der Waals surface area contributed by atoms with Crippen molar-refractivity contribution in [3.63, 3.8) is 0 Å². The van der Waals surface area contributed by atoms with E-state index in [0.29, 0.717) is 20.3 Å². The highest BCUT2D eigenvalue weighted by atomic mass is 79.9. The highest BCUT2D eigenvalue weighted by Crippen LogP contribution is 2.44. The van der Waals surface area contributed by atoms with Crippen molar-refractivity contribution in [2.45, 2.75) is 32.4 Å². The molecule has 0 aliphatic carbocycles. The number of rotatable bonds is 5. The number of hydrogen-bond acceptors (Lipinski definition) is 4. The van der Waals surface area contributed by atoms with Crippen LogP contribution in [0.1, 0.15) is 31.9 Å². The molecular weight excluding hydrogens is 378 g/mol. The Labute approximate surface area is 130 Å². The van der Waals surface area contributed by atoms with Crippen LogP contribution >= 0.6 is 31.9 Å². The summed E-state index contributed by atoms with van der Waals surface area (Å²) in [5.41, 5.74) is 6.81. The molecule has 4 N–H and O–H groups in total. The summed E-state index contributed by atoms with van der Waals surface area (Å²) in [6, 6.07) is 1.08. The predicted molar refractivity (Wildman–Crippen MR) is 82.4 cm³/mol. The van der Waals surface area contributed by atoms with Crippen molar-refractivity contribution >= 4 is 31.9 Å². The fraction of sp³-hybridized carbons (Fsp3) is 0.538. The maximum absolute atomic E-state index is 10.2. The normalized spacial score (nSPS) is 15.9. The van der Waals surface area contributed by atoms with Gasteiger partial charge in [0.2, 0.25) is 0 Å². The average Bonchev–Trinajstić information content (AvgIpc) is 2.42. The number of aliphatic hydroxyl groups excluding tert-OH is 1. The second kappa shape index (κ2) is 6.92. The van der Waals surface area contributed by atoms with Crippen LogP contribution in [0.5, 0.6) is 11.5 Å². The van der Waals surface area contributed by atoms with Crippen LogP contribution in [-0.4, -0.2) is 23.4 Å². The zero-order valence-corrected chi connectivity index (χ0v) is 14.3. The maximum Gasteiger partial charge on any atom is 0.173 e. The number of aromatic hydroxyl groups is 1. The minimum absolute atomic E-state index is 0.00311. The van der Waals surface area contributed by atoms with Gasteiger partial charge in [-0.05, 0) is 49.4 Å². The van der Waals surface area contributed by atoms with Gasteiger partial charge in [-0.1, -0.05) is 20.3 Å². The first-order valence-electron chi connectivity index (χ1n) is 6.03. The Morgan fingerprint density at radius 3 is 2.42 bits per heavy atom. The number of nitrogens with two attached hydrogens (primary N) is 1. The van der Waals surface area contributed by atoms with E-state index in [-0.39, 0.29) is 11.7 Å². The zero-order valence-electron chi connectivity index (χ0n) is 11.2. The summed E-state index contributed by atoms with van der Waals surface area (Å²) in [4.78, 5) is 0. The second-order valence-electron chi connectivity index (χ2n) is 4.55. The first-order chi connectivity index (χ1) is 8.84. The lowest BCUT2D eigenvalue weighted by atomic mass is 9.91. The summed E-state index contributed by atoms with van der Waals surface area (Å²) in [5.74, 6) is 0.403. The van der Waals surface area contributed by atoms with E-state index in [0.717, 1.165) is 6.42 Å². The predicted octanol–water partition coefficient (Wildman–Crippen LogP) is 3.33. The van der Waals surface area contributed by atoms with Crippen molar-refractivity contribution in [2.75, 3.05) is 7.11 Å². The number of phenols is 1. The molecule has 0 amide bonds. The molecule has 0 radical (unpaired) electrons. The third kappa shape index (κ3) is 3.42. The molecule has 0 aliphatic heterocycles. The van der Waals surface area contributed by atoms with Gasteiger partial charge >= 0.3 is 0 Å². The number of benzene rings is 1. The molecule has 0 saturated heterocycles. The van der Waals surface area contributed by atoms with E-state index in [2.05, 4.69) is 31.9 Å². The number of halogens is 2. The van der Waals surface area contributed by atoms with E-state index in [1.807, 2.05) is 13.8 Å². The largest absolute Gasteiger partial charge is 0.503 e. The van der Waals surface area contributed by atoms with E-state index in [1.54, 1.807) is 6.07 Å². The van der Waals surface area contributed by atoms with Gasteiger partial charge in [0.15, 0.2) is 11.5 Å². The molecule has 19 heavy (non-hydrogen) atoms. The minimum Gasteiger partial charge on any atom is -0.503 e. The first kappa shape index (κ1) is 16.8. The first-order valence-corrected chi connectivity index (χ1v) is 7.62. The minimum atomic E-state index is -0.664. The standard InChI is InChI=1S/C13H19Br2NO3/c1-4-6(2)12(17)11(16)7-5-8(19-3)13(18)10(15)9(7)14/h5-6,11-12,17-18H,4,16H2,1-3H3/t6?,11-,12+/m0/s1. The quantitative estimate of drug-likeness (QED) is 0.713. The van der Waals surface area contributed by atoms with Crippen molar-refractivity contribution in [3.8, 4) is 11.5 Å². The molecule has 6 heteroatoms. The molecule has 0 aromatic heterocycles. The molecule has 0 saturated carbocycles. The Balaban J connectivity index is 3.23. The molecule has 1 unspecified atom stereocenters. The molecule has 1 aromatic carbocycles. The number of ether oxygens (including phenoxy) is 1.